The Morgan fingerprint density at radius 2 is 1.71 bits per heavy atom. The monoisotopic (exact) mass is 449 g/mol. The van der Waals surface area contributed by atoms with Crippen LogP contribution in [0.4, 0.5) is 11.4 Å². The maximum Gasteiger partial charge on any atom is 0.264 e. The molecule has 1 aromatic heterocycles. The van der Waals surface area contributed by atoms with Crippen LogP contribution in [0.2, 0.25) is 0 Å². The van der Waals surface area contributed by atoms with Gasteiger partial charge in [0, 0.05) is 35.4 Å². The van der Waals surface area contributed by atoms with Gasteiger partial charge in [-0.05, 0) is 54.6 Å². The molecule has 0 unspecified atom stereocenters. The largest absolute Gasteiger partial charge is 0.322 e. The van der Waals surface area contributed by atoms with Crippen LogP contribution in [0, 0.1) is 0 Å². The Hall–Kier alpha value is -3.49. The number of carbonyl (C=O) groups is 1. The lowest BCUT2D eigenvalue weighted by atomic mass is 10.2. The van der Waals surface area contributed by atoms with E-state index < -0.39 is 10.0 Å². The van der Waals surface area contributed by atoms with E-state index in [0.717, 1.165) is 10.6 Å². The van der Waals surface area contributed by atoms with Crippen molar-refractivity contribution in [1.29, 1.82) is 0 Å². The molecular weight excluding hydrogens is 430 g/mol. The Labute approximate surface area is 184 Å². The Kier molecular flexibility index (Phi) is 5.83. The van der Waals surface area contributed by atoms with Crippen LogP contribution < -0.4 is 9.62 Å². The first-order chi connectivity index (χ1) is 14.9. The Morgan fingerprint density at radius 1 is 0.968 bits per heavy atom. The molecule has 0 fully saturated rings. The number of para-hydroxylation sites is 1. The van der Waals surface area contributed by atoms with E-state index in [2.05, 4.69) is 10.3 Å². The SMILES string of the molecule is CN(c1ccccc1)S(=O)(=O)c1cccc(C(=O)Nc2ccc(-c3nccs3)cc2)c1. The third kappa shape index (κ3) is 4.50. The van der Waals surface area contributed by atoms with Gasteiger partial charge < -0.3 is 5.32 Å². The number of benzene rings is 3. The number of anilines is 2. The summed E-state index contributed by atoms with van der Waals surface area (Å²) in [6, 6.07) is 22.1. The van der Waals surface area contributed by atoms with Crippen molar-refractivity contribution in [2.75, 3.05) is 16.7 Å². The van der Waals surface area contributed by atoms with Crippen molar-refractivity contribution in [2.45, 2.75) is 4.90 Å². The van der Waals surface area contributed by atoms with Gasteiger partial charge in [-0.3, -0.25) is 9.10 Å². The molecule has 0 saturated carbocycles. The third-order valence-electron chi connectivity index (χ3n) is 4.70. The number of rotatable bonds is 6. The highest BCUT2D eigenvalue weighted by molar-refractivity contribution is 7.92. The molecule has 1 amide bonds. The molecule has 0 atom stereocenters. The molecule has 0 saturated heterocycles. The van der Waals surface area contributed by atoms with Crippen molar-refractivity contribution in [3.05, 3.63) is 96.0 Å². The highest BCUT2D eigenvalue weighted by Crippen LogP contribution is 2.25. The number of aromatic nitrogens is 1. The standard InChI is InChI=1S/C23H19N3O3S2/c1-26(20-7-3-2-4-8-20)31(28,29)21-9-5-6-18(16-21)22(27)25-19-12-10-17(11-13-19)23-24-14-15-30-23/h2-16H,1H3,(H,25,27). The number of sulfonamides is 1. The Morgan fingerprint density at radius 3 is 2.39 bits per heavy atom. The van der Waals surface area contributed by atoms with E-state index in [9.17, 15) is 13.2 Å². The minimum atomic E-state index is -3.80. The number of thiazole rings is 1. The zero-order valence-electron chi connectivity index (χ0n) is 16.6. The van der Waals surface area contributed by atoms with Gasteiger partial charge in [0.1, 0.15) is 5.01 Å². The minimum Gasteiger partial charge on any atom is -0.322 e. The lowest BCUT2D eigenvalue weighted by Gasteiger charge is -2.19. The Balaban J connectivity index is 1.53. The van der Waals surface area contributed by atoms with Gasteiger partial charge in [-0.15, -0.1) is 11.3 Å². The maximum absolute atomic E-state index is 13.0. The molecule has 0 spiro atoms. The molecule has 156 valence electrons. The highest BCUT2D eigenvalue weighted by Gasteiger charge is 2.22. The summed E-state index contributed by atoms with van der Waals surface area (Å²) in [6.45, 7) is 0. The fourth-order valence-corrected chi connectivity index (χ4v) is 4.88. The molecule has 0 aliphatic heterocycles. The number of nitrogens with one attached hydrogen (secondary N) is 1. The average molecular weight is 450 g/mol. The Bertz CT molecular complexity index is 1290. The summed E-state index contributed by atoms with van der Waals surface area (Å²) in [6.07, 6.45) is 1.74. The molecule has 8 heteroatoms. The van der Waals surface area contributed by atoms with Crippen LogP contribution >= 0.6 is 11.3 Å². The second-order valence-corrected chi connectivity index (χ2v) is 9.57. The minimum absolute atomic E-state index is 0.0469. The smallest absolute Gasteiger partial charge is 0.264 e. The molecule has 31 heavy (non-hydrogen) atoms. The lowest BCUT2D eigenvalue weighted by molar-refractivity contribution is 0.102. The molecule has 0 radical (unpaired) electrons. The van der Waals surface area contributed by atoms with Crippen molar-refractivity contribution in [3.8, 4) is 10.6 Å². The van der Waals surface area contributed by atoms with Crippen LogP contribution in [0.15, 0.2) is 95.3 Å². The van der Waals surface area contributed by atoms with Gasteiger partial charge in [-0.25, -0.2) is 13.4 Å². The molecule has 1 heterocycles. The molecule has 4 aromatic rings. The van der Waals surface area contributed by atoms with E-state index in [1.54, 1.807) is 54.7 Å². The van der Waals surface area contributed by atoms with Crippen LogP contribution in [-0.4, -0.2) is 26.4 Å². The van der Waals surface area contributed by atoms with E-state index in [4.69, 9.17) is 0 Å². The first kappa shape index (κ1) is 20.8. The van der Waals surface area contributed by atoms with Gasteiger partial charge >= 0.3 is 0 Å². The van der Waals surface area contributed by atoms with Gasteiger partial charge in [-0.1, -0.05) is 24.3 Å². The molecule has 3 aromatic carbocycles. The number of nitrogens with zero attached hydrogens (tertiary/aromatic N) is 2. The molecule has 0 bridgehead atoms. The van der Waals surface area contributed by atoms with Gasteiger partial charge in [-0.2, -0.15) is 0 Å². The van der Waals surface area contributed by atoms with Crippen LogP contribution in [0.25, 0.3) is 10.6 Å². The van der Waals surface area contributed by atoms with Crippen molar-refractivity contribution in [3.63, 3.8) is 0 Å². The van der Waals surface area contributed by atoms with Gasteiger partial charge in [0.05, 0.1) is 10.6 Å². The average Bonchev–Trinajstić information content (AvgIpc) is 3.35. The van der Waals surface area contributed by atoms with Gasteiger partial charge in [0.15, 0.2) is 0 Å². The first-order valence-corrected chi connectivity index (χ1v) is 11.7. The highest BCUT2D eigenvalue weighted by atomic mass is 32.2. The summed E-state index contributed by atoms with van der Waals surface area (Å²) < 4.78 is 27.2. The van der Waals surface area contributed by atoms with Crippen molar-refractivity contribution < 1.29 is 13.2 Å². The van der Waals surface area contributed by atoms with E-state index in [0.29, 0.717) is 11.4 Å². The van der Waals surface area contributed by atoms with Crippen LogP contribution in [0.5, 0.6) is 0 Å². The molecule has 0 aliphatic carbocycles. The van der Waals surface area contributed by atoms with E-state index in [1.807, 2.05) is 23.6 Å². The summed E-state index contributed by atoms with van der Waals surface area (Å²) in [7, 11) is -2.32. The molecular formula is C23H19N3O3S2. The normalized spacial score (nSPS) is 11.1. The summed E-state index contributed by atoms with van der Waals surface area (Å²) in [5.41, 5.74) is 2.37. The zero-order chi connectivity index (χ0) is 21.8. The zero-order valence-corrected chi connectivity index (χ0v) is 18.2. The summed E-state index contributed by atoms with van der Waals surface area (Å²) in [5.74, 6) is -0.388. The molecule has 6 nitrogen and oxygen atoms in total. The fourth-order valence-electron chi connectivity index (χ4n) is 3.00. The second kappa shape index (κ2) is 8.71. The van der Waals surface area contributed by atoms with Gasteiger partial charge in [0.2, 0.25) is 0 Å². The van der Waals surface area contributed by atoms with Crippen LogP contribution in [0.3, 0.4) is 0 Å². The predicted octanol–water partition coefficient (Wildman–Crippen LogP) is 4.89. The van der Waals surface area contributed by atoms with E-state index in [-0.39, 0.29) is 16.4 Å². The number of amides is 1. The number of hydrogen-bond donors (Lipinski definition) is 1. The summed E-state index contributed by atoms with van der Waals surface area (Å²) in [5, 5.41) is 5.61. The van der Waals surface area contributed by atoms with Gasteiger partial charge in [0.25, 0.3) is 15.9 Å². The third-order valence-corrected chi connectivity index (χ3v) is 7.30. The van der Waals surface area contributed by atoms with E-state index >= 15 is 0 Å². The van der Waals surface area contributed by atoms with Crippen LogP contribution in [-0.2, 0) is 10.0 Å². The first-order valence-electron chi connectivity index (χ1n) is 9.40. The second-order valence-electron chi connectivity index (χ2n) is 6.70. The predicted molar refractivity (Wildman–Crippen MR) is 124 cm³/mol. The maximum atomic E-state index is 13.0. The van der Waals surface area contributed by atoms with Crippen molar-refractivity contribution in [1.82, 2.24) is 4.98 Å². The molecule has 4 rings (SSSR count). The van der Waals surface area contributed by atoms with E-state index in [1.165, 1.54) is 34.8 Å². The summed E-state index contributed by atoms with van der Waals surface area (Å²) in [4.78, 5) is 17.0. The lowest BCUT2D eigenvalue weighted by Crippen LogP contribution is -2.26. The van der Waals surface area contributed by atoms with Crippen molar-refractivity contribution >= 4 is 38.6 Å². The number of hydrogen-bond acceptors (Lipinski definition) is 5. The quantitative estimate of drug-likeness (QED) is 0.455. The number of carbonyl (C=O) groups excluding carboxylic acids is 1. The summed E-state index contributed by atoms with van der Waals surface area (Å²) >= 11 is 1.54. The fraction of sp³-hybridized carbons (Fsp3) is 0.0435. The molecule has 0 aliphatic rings. The van der Waals surface area contributed by atoms with Crippen LogP contribution in [0.1, 0.15) is 10.4 Å². The molecule has 1 N–H and O–H groups in total. The topological polar surface area (TPSA) is 79.4 Å². The van der Waals surface area contributed by atoms with Crippen molar-refractivity contribution in [2.24, 2.45) is 0 Å².